The molecule has 31 nitrogen and oxygen atoms in total. The van der Waals surface area contributed by atoms with Gasteiger partial charge in [-0.15, -0.1) is 6.58 Å². The van der Waals surface area contributed by atoms with E-state index in [-0.39, 0.29) is 61.2 Å². The van der Waals surface area contributed by atoms with Crippen molar-refractivity contribution in [2.24, 2.45) is 0 Å². The van der Waals surface area contributed by atoms with E-state index in [1.165, 1.54) is 45.4 Å². The van der Waals surface area contributed by atoms with Gasteiger partial charge in [-0.3, -0.25) is 49.5 Å². The summed E-state index contributed by atoms with van der Waals surface area (Å²) >= 11 is 15.0. The number of aliphatic hydroxyl groups is 1. The average molecular weight is 2900 g/mol. The Morgan fingerprint density at radius 2 is 0.887 bits per heavy atom. The second-order valence-corrected chi connectivity index (χ2v) is 56.8. The van der Waals surface area contributed by atoms with E-state index in [1.54, 1.807) is 25.4 Å². The van der Waals surface area contributed by atoms with Crippen molar-refractivity contribution in [3.05, 3.63) is 251 Å². The number of anilines is 4. The number of fused-ring (bicyclic) bond motifs is 14. The Morgan fingerprint density at radius 3 is 1.28 bits per heavy atom. The van der Waals surface area contributed by atoms with Gasteiger partial charge in [-0.2, -0.15) is 13.8 Å². The first-order valence-corrected chi connectivity index (χ1v) is 56.2. The van der Waals surface area contributed by atoms with Gasteiger partial charge in [-0.25, -0.2) is 39.9 Å². The van der Waals surface area contributed by atoms with Crippen LogP contribution in [-0.4, -0.2) is 127 Å². The van der Waals surface area contributed by atoms with E-state index >= 15 is 0 Å². The number of aromatic nitrogens is 16. The molecule has 45 heteroatoms. The van der Waals surface area contributed by atoms with Crippen molar-refractivity contribution in [1.82, 2.24) is 98.4 Å². The van der Waals surface area contributed by atoms with Crippen LogP contribution in [0.15, 0.2) is 219 Å². The van der Waals surface area contributed by atoms with E-state index in [1.807, 2.05) is 156 Å². The van der Waals surface area contributed by atoms with Crippen LogP contribution in [0.5, 0.6) is 0 Å². The molecule has 0 fully saturated rings. The van der Waals surface area contributed by atoms with Crippen molar-refractivity contribution in [3.63, 3.8) is 0 Å². The van der Waals surface area contributed by atoms with Crippen LogP contribution < -0.4 is 43.3 Å². The van der Waals surface area contributed by atoms with Gasteiger partial charge in [0.2, 0.25) is 0 Å². The van der Waals surface area contributed by atoms with Gasteiger partial charge in [0.05, 0.1) is 67.6 Å². The smallest absolute Gasteiger partial charge is 0.146 e. The largest absolute Gasteiger partial charge is 0.387 e. The third-order valence-electron chi connectivity index (χ3n) is 21.8. The van der Waals surface area contributed by atoms with Crippen LogP contribution in [0.3, 0.4) is 0 Å². The minimum absolute atomic E-state index is 0. The molecule has 13 N–H and O–H groups in total. The summed E-state index contributed by atoms with van der Waals surface area (Å²) in [6.07, 6.45) is 17.5. The maximum Gasteiger partial charge on any atom is 0.146 e. The molecule has 20 rings (SSSR count). The molecule has 3 aliphatic heterocycles. The van der Waals surface area contributed by atoms with Gasteiger partial charge in [0, 0.05) is 197 Å². The van der Waals surface area contributed by atoms with Gasteiger partial charge < -0.3 is 80.6 Å². The zero-order valence-electron chi connectivity index (χ0n) is 77.4. The van der Waals surface area contributed by atoms with Crippen LogP contribution in [-0.2, 0) is 95.0 Å². The molecule has 0 amide bonds. The molecule has 10 unspecified atom stereocenters. The second-order valence-electron chi connectivity index (χ2n) is 31.3. The zero-order valence-corrected chi connectivity index (χ0v) is 102. The van der Waals surface area contributed by atoms with E-state index in [4.69, 9.17) is 33.8 Å². The maximum atomic E-state index is 11.9. The number of hydrogen-bond acceptors (Lipinski definition) is 27. The number of carbonyl (C=O) groups excluding carboxylic acids is 3. The number of nitrogens with two attached hydrogens (primary N) is 4. The number of nitrogens with one attached hydrogen (secondary N) is 4. The molecule has 0 saturated heterocycles. The van der Waals surface area contributed by atoms with E-state index in [9.17, 15) is 19.5 Å². The molecule has 10 atom stereocenters. The molecule has 3 aliphatic rings. The van der Waals surface area contributed by atoms with Crippen molar-refractivity contribution in [1.29, 1.82) is 0 Å². The number of nitrogens with zero attached hydrogens (tertiary/aromatic N) is 16. The Bertz CT molecular complexity index is 7190. The molecule has 141 heavy (non-hydrogen) atoms. The molecule has 0 spiro atoms. The maximum absolute atomic E-state index is 11.9. The number of aliphatic hydroxyl groups excluding tert-OH is 1. The monoisotopic (exact) mass is 2900 g/mol. The first-order valence-electron chi connectivity index (χ1n) is 43.3. The van der Waals surface area contributed by atoms with Crippen molar-refractivity contribution in [2.75, 3.05) is 22.9 Å². The number of esters is 1. The van der Waals surface area contributed by atoms with Gasteiger partial charge >= 0.3 is 102 Å². The standard InChI is InChI=1S/C21H21N6O2P.C19H18BrN6P.C19H19N6OP.C19H19N6P.C10H11IO4.C2H3I3.C2H4I2.C2H4I.C2H5.2V/c1-11(28)29-16-7-14(26-30)9-27-19(16)17(18-20(22)24-10-25-21(18)27)13-6-12-4-2-3-5-15(12)23-8-13;1-2-13(25-27)9-26-17(20)15(16-18(21)23-10-24-19(16)26)12-7-11-5-3-4-6-14(11)22-8-12;20-18-16-15(11-5-10-3-1-2-4-13(10)21-7-11)17-14(26)6-12(24-27)8-25(17)19(16)23-9-22-18;20-18-17-16(12-7-11-3-1-2-4-14(11)21-8-12)15-6-5-13(24-26)9-25(15)19(17)23-10-22-18;1-8(12)14-11(15-9(2)13)10-6-4-3-5-7-10;1-2(3,4)5;1-2(3)4;1-2-3;1-2;;/h2-6,8,10,14,16,26H,7,9,30H2,1H3,(H2,22,24,25);2-8,10,13,25H,1,9,27H2,(H2,21,23,24);1-5,7,9,12,14,24,26H,6,8,27H2,(H2,20,22,23);1-4,7-8,10,13,24H,5-6,9,26H2,(H2,20,22,23);3-7H,1-2H3;1H3;2H,1H3;2H,1H3;1H2,2H3;;/q;;;;;;;2*-1;;. The van der Waals surface area contributed by atoms with Gasteiger partial charge in [0.25, 0.3) is 0 Å². The van der Waals surface area contributed by atoms with E-state index < -0.39 is 44.8 Å². The number of halogens is 8. The third-order valence-corrected chi connectivity index (χ3v) is 28.3. The third kappa shape index (κ3) is 29.5. The predicted octanol–water partition coefficient (Wildman–Crippen LogP) is 22.2. The Morgan fingerprint density at radius 1 is 0.546 bits per heavy atom. The van der Waals surface area contributed by atoms with Crippen LogP contribution in [0.1, 0.15) is 97.0 Å². The van der Waals surface area contributed by atoms with Crippen molar-refractivity contribution >= 4 is 339 Å². The van der Waals surface area contributed by atoms with Crippen LogP contribution in [0.2, 0.25) is 0 Å². The molecular formula is C96H104BrI7N24O7P4V2-2. The number of ether oxygens (including phenoxy) is 1. The number of pyridine rings is 4. The molecule has 2 radical (unpaired) electrons. The summed E-state index contributed by atoms with van der Waals surface area (Å²) in [6.45, 7) is 22.1. The van der Waals surface area contributed by atoms with Crippen molar-refractivity contribution in [2.45, 2.75) is 138 Å². The molecule has 0 saturated carbocycles. The first kappa shape index (κ1) is 117. The van der Waals surface area contributed by atoms with Crippen LogP contribution in [0.25, 0.3) is 132 Å². The molecule has 0 aliphatic carbocycles. The first-order chi connectivity index (χ1) is 66.9. The molecule has 15 heterocycles. The molecule has 17 aromatic rings. The fourth-order valence-corrected chi connectivity index (χ4v) is 20.8. The fraction of sp³-hybridized carbons (Fsp3) is 0.240. The second kappa shape index (κ2) is 55.7. The van der Waals surface area contributed by atoms with Crippen molar-refractivity contribution in [3.8, 4) is 44.5 Å². The quantitative estimate of drug-likeness (QED) is 0.0115. The number of benzene rings is 5. The van der Waals surface area contributed by atoms with Gasteiger partial charge in [-0.1, -0.05) is 229 Å². The summed E-state index contributed by atoms with van der Waals surface area (Å²) < 4.78 is 29.1. The van der Waals surface area contributed by atoms with Gasteiger partial charge in [0.15, 0.2) is 0 Å². The minimum Gasteiger partial charge on any atom is -0.387 e. The number of alkyl halides is 5. The minimum atomic E-state index is -2.59. The summed E-state index contributed by atoms with van der Waals surface area (Å²) in [7, 11) is 10.2. The zero-order chi connectivity index (χ0) is 100. The number of hydrogen-bond donors (Lipinski definition) is 9. The Balaban J connectivity index is 0.000000176. The molecule has 12 aromatic heterocycles. The number of para-hydroxylation sites is 4. The summed E-state index contributed by atoms with van der Waals surface area (Å²) in [6, 6.07) is 50.3. The van der Waals surface area contributed by atoms with Crippen LogP contribution in [0, 0.1) is 14.9 Å². The number of carbonyl (C=O) groups is 3. The molecule has 0 bridgehead atoms. The topological polar surface area (TPSA) is 426 Å². The van der Waals surface area contributed by atoms with Gasteiger partial charge in [-0.05, 0) is 97.6 Å². The summed E-state index contributed by atoms with van der Waals surface area (Å²) in [5.74, 6) is 0.583. The predicted molar refractivity (Wildman–Crippen MR) is 638 cm³/mol. The Labute approximate surface area is 949 Å². The number of rotatable bonds is 15. The fourth-order valence-electron chi connectivity index (χ4n) is 16.3. The van der Waals surface area contributed by atoms with E-state index in [0.29, 0.717) is 61.2 Å². The van der Waals surface area contributed by atoms with Crippen LogP contribution in [0.4, 0.5) is 23.3 Å². The summed E-state index contributed by atoms with van der Waals surface area (Å²) in [5, 5.41) is 31.3. The summed E-state index contributed by atoms with van der Waals surface area (Å²) in [5.41, 5.74) is 42.6. The Hall–Kier alpha value is -6.15. The normalized spacial score (nSPS) is 15.1. The Kier molecular flexibility index (Phi) is 46.2. The number of nitrogen functional groups attached to an aromatic ring is 4. The average Bonchev–Trinajstić information content (AvgIpc) is 1.57. The SMILES string of the molecule is C=CC(Cn1c(Br)c(-c2cnc3ccccc3c2)c2c(N)ncnc21)NP.CC(=O)OC1CC(NP)Cn2c1c(-c1cnc3ccccc3c1)c1c(N)ncnc12.CC(=O)OI(OC(C)=O)c1ccccc1.CC(I)(I)I.CC(I)I.C[CH-]I.Nc1ncnc2c1c(-c1cnc3ccccc3c1)c1n2CC(NP)CC1.Nc1ncnc2c1c(-c1cnc3ccccc3c1)c1n2CC(NP)CC1O.[CH2-]C.[V].[V]. The molecule has 738 valence electrons. The molecular weight excluding hydrogens is 2800 g/mol. The summed E-state index contributed by atoms with van der Waals surface area (Å²) in [4.78, 5) is 86.9. The van der Waals surface area contributed by atoms with Gasteiger partial charge in [0.1, 0.15) is 76.7 Å². The van der Waals surface area contributed by atoms with Crippen LogP contribution >= 0.6 is 210 Å². The van der Waals surface area contributed by atoms with Crippen molar-refractivity contribution < 1.29 is 67.5 Å². The van der Waals surface area contributed by atoms with E-state index in [2.05, 4.69) is 341 Å². The molecule has 5 aromatic carbocycles. The van der Waals surface area contributed by atoms with E-state index in [0.717, 1.165) is 173 Å².